The predicted octanol–water partition coefficient (Wildman–Crippen LogP) is 2.50. The second-order valence-corrected chi connectivity index (χ2v) is 12.9. The second kappa shape index (κ2) is 10.1. The summed E-state index contributed by atoms with van der Waals surface area (Å²) in [5, 5.41) is 9.10. The predicted molar refractivity (Wildman–Crippen MR) is 132 cm³/mol. The van der Waals surface area contributed by atoms with Crippen LogP contribution in [0.2, 0.25) is 0 Å². The Labute approximate surface area is 207 Å². The van der Waals surface area contributed by atoms with Gasteiger partial charge in [0.15, 0.2) is 0 Å². The maximum atomic E-state index is 13.3. The quantitative estimate of drug-likeness (QED) is 0.578. The monoisotopic (exact) mass is 518 g/mol. The van der Waals surface area contributed by atoms with E-state index < -0.39 is 20.0 Å². The summed E-state index contributed by atoms with van der Waals surface area (Å²) in [7, 11) is -5.85. The Bertz CT molecular complexity index is 1330. The first-order valence-corrected chi connectivity index (χ1v) is 14.5. The zero-order chi connectivity index (χ0) is 25.2. The fourth-order valence-electron chi connectivity index (χ4n) is 4.64. The minimum atomic E-state index is -3.75. The van der Waals surface area contributed by atoms with Crippen molar-refractivity contribution in [2.75, 3.05) is 51.3 Å². The van der Waals surface area contributed by atoms with Crippen molar-refractivity contribution in [2.24, 2.45) is 5.92 Å². The van der Waals surface area contributed by atoms with E-state index in [0.29, 0.717) is 43.5 Å². The molecule has 2 aromatic rings. The molecule has 0 bridgehead atoms. The van der Waals surface area contributed by atoms with Gasteiger partial charge < -0.3 is 9.64 Å². The minimum absolute atomic E-state index is 0.0893. The molecule has 2 heterocycles. The Kier molecular flexibility index (Phi) is 7.38. The summed E-state index contributed by atoms with van der Waals surface area (Å²) in [6.45, 7) is 4.28. The standard InChI is InChI=1S/C24H30N4O5S2/c1-19-5-4-10-28(18-19)35(31,32)22-8-9-24(33-2)23(16-22)26-11-13-27(14-12-26)34(29,30)21-7-3-6-20(15-21)17-25/h3,6-9,15-16,19H,4-5,10-14,18H2,1-2H3/t19-/m1/s1. The molecular weight excluding hydrogens is 488 g/mol. The van der Waals surface area contributed by atoms with Crippen LogP contribution in [0.4, 0.5) is 5.69 Å². The lowest BCUT2D eigenvalue weighted by Gasteiger charge is -2.36. The van der Waals surface area contributed by atoms with Gasteiger partial charge >= 0.3 is 0 Å². The van der Waals surface area contributed by atoms with Gasteiger partial charge in [-0.2, -0.15) is 13.9 Å². The molecule has 2 fully saturated rings. The van der Waals surface area contributed by atoms with Gasteiger partial charge in [0.2, 0.25) is 20.0 Å². The maximum absolute atomic E-state index is 13.3. The van der Waals surface area contributed by atoms with Crippen LogP contribution in [0.25, 0.3) is 0 Å². The van der Waals surface area contributed by atoms with Gasteiger partial charge in [0.05, 0.1) is 34.2 Å². The van der Waals surface area contributed by atoms with Crippen molar-refractivity contribution in [3.05, 3.63) is 48.0 Å². The lowest BCUT2D eigenvalue weighted by Crippen LogP contribution is -2.48. The molecule has 1 atom stereocenters. The van der Waals surface area contributed by atoms with E-state index in [-0.39, 0.29) is 28.4 Å². The number of methoxy groups -OCH3 is 1. The van der Waals surface area contributed by atoms with Gasteiger partial charge in [0.1, 0.15) is 5.75 Å². The Hall–Kier alpha value is -2.65. The average Bonchev–Trinajstić information content (AvgIpc) is 2.88. The zero-order valence-corrected chi connectivity index (χ0v) is 21.6. The number of nitriles is 1. The van der Waals surface area contributed by atoms with E-state index in [1.807, 2.05) is 11.0 Å². The molecule has 0 amide bonds. The number of rotatable bonds is 6. The molecule has 35 heavy (non-hydrogen) atoms. The topological polar surface area (TPSA) is 111 Å². The molecular formula is C24H30N4O5S2. The van der Waals surface area contributed by atoms with E-state index in [4.69, 9.17) is 10.00 Å². The molecule has 2 saturated heterocycles. The van der Waals surface area contributed by atoms with Crippen LogP contribution < -0.4 is 9.64 Å². The van der Waals surface area contributed by atoms with E-state index >= 15 is 0 Å². The van der Waals surface area contributed by atoms with E-state index in [9.17, 15) is 16.8 Å². The maximum Gasteiger partial charge on any atom is 0.243 e. The van der Waals surface area contributed by atoms with Crippen LogP contribution in [0.5, 0.6) is 5.75 Å². The van der Waals surface area contributed by atoms with Gasteiger partial charge in [-0.3, -0.25) is 0 Å². The number of ether oxygens (including phenoxy) is 1. The van der Waals surface area contributed by atoms with Gasteiger partial charge in [-0.1, -0.05) is 13.0 Å². The number of hydrogen-bond acceptors (Lipinski definition) is 7. The van der Waals surface area contributed by atoms with E-state index in [2.05, 4.69) is 6.92 Å². The largest absolute Gasteiger partial charge is 0.495 e. The SMILES string of the molecule is COc1ccc(S(=O)(=O)N2CCC[C@@H](C)C2)cc1N1CCN(S(=O)(=O)c2cccc(C#N)c2)CC1. The van der Waals surface area contributed by atoms with Gasteiger partial charge in [-0.05, 0) is 55.2 Å². The Balaban J connectivity index is 1.55. The number of benzene rings is 2. The fourth-order valence-corrected chi connectivity index (χ4v) is 7.72. The molecule has 188 valence electrons. The normalized spacial score (nSPS) is 20.4. The minimum Gasteiger partial charge on any atom is -0.495 e. The van der Waals surface area contributed by atoms with E-state index in [1.165, 1.54) is 23.5 Å². The number of nitrogens with zero attached hydrogens (tertiary/aromatic N) is 4. The first-order valence-electron chi connectivity index (χ1n) is 11.6. The highest BCUT2D eigenvalue weighted by atomic mass is 32.2. The van der Waals surface area contributed by atoms with Crippen molar-refractivity contribution < 1.29 is 21.6 Å². The molecule has 0 unspecified atom stereocenters. The Morgan fingerprint density at radius 1 is 0.914 bits per heavy atom. The molecule has 11 heteroatoms. The second-order valence-electron chi connectivity index (χ2n) is 8.97. The van der Waals surface area contributed by atoms with Crippen molar-refractivity contribution in [3.63, 3.8) is 0 Å². The smallest absolute Gasteiger partial charge is 0.243 e. The first-order chi connectivity index (χ1) is 16.7. The molecule has 2 aliphatic rings. The third-order valence-corrected chi connectivity index (χ3v) is 10.3. The number of piperazine rings is 1. The van der Waals surface area contributed by atoms with E-state index in [0.717, 1.165) is 12.8 Å². The highest BCUT2D eigenvalue weighted by molar-refractivity contribution is 7.89. The van der Waals surface area contributed by atoms with Crippen LogP contribution in [0, 0.1) is 17.2 Å². The van der Waals surface area contributed by atoms with Crippen LogP contribution in [-0.4, -0.2) is 71.8 Å². The summed E-state index contributed by atoms with van der Waals surface area (Å²) in [4.78, 5) is 2.26. The van der Waals surface area contributed by atoms with Gasteiger partial charge in [-0.25, -0.2) is 16.8 Å². The highest BCUT2D eigenvalue weighted by Crippen LogP contribution is 2.34. The first kappa shape index (κ1) is 25.4. The lowest BCUT2D eigenvalue weighted by molar-refractivity contribution is 0.281. The number of piperidine rings is 1. The average molecular weight is 519 g/mol. The summed E-state index contributed by atoms with van der Waals surface area (Å²) in [5.41, 5.74) is 0.915. The highest BCUT2D eigenvalue weighted by Gasteiger charge is 2.32. The van der Waals surface area contributed by atoms with Crippen molar-refractivity contribution >= 4 is 25.7 Å². The molecule has 0 saturated carbocycles. The number of sulfonamides is 2. The fraction of sp³-hybridized carbons (Fsp3) is 0.458. The molecule has 0 aromatic heterocycles. The van der Waals surface area contributed by atoms with Crippen LogP contribution in [0.3, 0.4) is 0 Å². The van der Waals surface area contributed by atoms with Crippen molar-refractivity contribution in [1.29, 1.82) is 5.26 Å². The molecule has 4 rings (SSSR count). The molecule has 9 nitrogen and oxygen atoms in total. The molecule has 2 aromatic carbocycles. The van der Waals surface area contributed by atoms with Gasteiger partial charge in [-0.15, -0.1) is 0 Å². The Morgan fingerprint density at radius 3 is 2.26 bits per heavy atom. The summed E-state index contributed by atoms with van der Waals surface area (Å²) < 4.78 is 61.3. The third kappa shape index (κ3) is 5.16. The molecule has 0 aliphatic carbocycles. The van der Waals surface area contributed by atoms with Crippen molar-refractivity contribution in [3.8, 4) is 11.8 Å². The van der Waals surface area contributed by atoms with Crippen molar-refractivity contribution in [2.45, 2.75) is 29.6 Å². The lowest BCUT2D eigenvalue weighted by atomic mass is 10.0. The molecule has 0 N–H and O–H groups in total. The zero-order valence-electron chi connectivity index (χ0n) is 19.9. The Morgan fingerprint density at radius 2 is 1.60 bits per heavy atom. The molecule has 0 spiro atoms. The molecule has 0 radical (unpaired) electrons. The van der Waals surface area contributed by atoms with E-state index in [1.54, 1.807) is 34.6 Å². The summed E-state index contributed by atoms with van der Waals surface area (Å²) >= 11 is 0. The van der Waals surface area contributed by atoms with Gasteiger partial charge in [0, 0.05) is 39.3 Å². The van der Waals surface area contributed by atoms with Crippen LogP contribution in [0.1, 0.15) is 25.3 Å². The number of anilines is 1. The van der Waals surface area contributed by atoms with Gasteiger partial charge in [0.25, 0.3) is 0 Å². The third-order valence-electron chi connectivity index (χ3n) is 6.59. The van der Waals surface area contributed by atoms with Crippen LogP contribution >= 0.6 is 0 Å². The summed E-state index contributed by atoms with van der Waals surface area (Å²) in [5.74, 6) is 0.856. The molecule has 2 aliphatic heterocycles. The van der Waals surface area contributed by atoms with Crippen molar-refractivity contribution in [1.82, 2.24) is 8.61 Å². The summed E-state index contributed by atoms with van der Waals surface area (Å²) in [6, 6.07) is 12.8. The van der Waals surface area contributed by atoms with Crippen LogP contribution in [0.15, 0.2) is 52.3 Å². The summed E-state index contributed by atoms with van der Waals surface area (Å²) in [6.07, 6.45) is 1.87. The number of hydrogen-bond donors (Lipinski definition) is 0. The van der Waals surface area contributed by atoms with Crippen LogP contribution in [-0.2, 0) is 20.0 Å².